The third-order valence-electron chi connectivity index (χ3n) is 2.58. The van der Waals surface area contributed by atoms with Crippen molar-refractivity contribution in [1.29, 1.82) is 0 Å². The Labute approximate surface area is 134 Å². The minimum atomic E-state index is -1.20. The quantitative estimate of drug-likeness (QED) is 0.597. The monoisotopic (exact) mass is 370 g/mol. The number of hydrogen-bond acceptors (Lipinski definition) is 5. The molecule has 0 atom stereocenters. The van der Waals surface area contributed by atoms with Crippen LogP contribution in [0.1, 0.15) is 12.0 Å². The molecule has 0 spiro atoms. The standard InChI is InChI=1S/C13H10BrNO3S2/c14-9-3-1-8(2-4-9)7-10-12(18)15(13(19)20-10)6-5-11(16)17/h1-4,7H,5-6H2,(H,16,17)/p-1/b10-7+. The number of nitrogens with zero attached hydrogens (tertiary/aromatic N) is 1. The zero-order chi connectivity index (χ0) is 14.7. The normalized spacial score (nSPS) is 17.1. The van der Waals surface area contributed by atoms with Gasteiger partial charge in [-0.3, -0.25) is 9.69 Å². The van der Waals surface area contributed by atoms with Crippen LogP contribution in [-0.2, 0) is 9.59 Å². The Hall–Kier alpha value is -1.18. The van der Waals surface area contributed by atoms with Gasteiger partial charge in [0, 0.05) is 23.4 Å². The number of benzene rings is 1. The van der Waals surface area contributed by atoms with E-state index in [0.717, 1.165) is 10.0 Å². The number of hydrogen-bond donors (Lipinski definition) is 0. The molecule has 1 heterocycles. The van der Waals surface area contributed by atoms with E-state index in [1.165, 1.54) is 16.7 Å². The largest absolute Gasteiger partial charge is 0.550 e. The Morgan fingerprint density at radius 1 is 1.40 bits per heavy atom. The molecular formula is C13H9BrNO3S2-. The van der Waals surface area contributed by atoms with Gasteiger partial charge < -0.3 is 9.90 Å². The smallest absolute Gasteiger partial charge is 0.266 e. The van der Waals surface area contributed by atoms with Crippen LogP contribution in [0.3, 0.4) is 0 Å². The third kappa shape index (κ3) is 3.68. The van der Waals surface area contributed by atoms with E-state index in [4.69, 9.17) is 12.2 Å². The average Bonchev–Trinajstić information content (AvgIpc) is 2.65. The van der Waals surface area contributed by atoms with Crippen molar-refractivity contribution in [2.24, 2.45) is 0 Å². The van der Waals surface area contributed by atoms with Gasteiger partial charge in [-0.2, -0.15) is 0 Å². The molecule has 20 heavy (non-hydrogen) atoms. The van der Waals surface area contributed by atoms with Crippen molar-refractivity contribution in [3.05, 3.63) is 39.2 Å². The van der Waals surface area contributed by atoms with Crippen molar-refractivity contribution in [2.75, 3.05) is 6.54 Å². The Morgan fingerprint density at radius 3 is 2.65 bits per heavy atom. The number of carboxylic acids is 1. The topological polar surface area (TPSA) is 60.4 Å². The van der Waals surface area contributed by atoms with Gasteiger partial charge in [-0.25, -0.2) is 0 Å². The first kappa shape index (κ1) is 15.2. The van der Waals surface area contributed by atoms with Crippen molar-refractivity contribution in [3.63, 3.8) is 0 Å². The molecule has 4 nitrogen and oxygen atoms in total. The second kappa shape index (κ2) is 6.51. The number of amides is 1. The van der Waals surface area contributed by atoms with Gasteiger partial charge in [0.15, 0.2) is 0 Å². The summed E-state index contributed by atoms with van der Waals surface area (Å²) < 4.78 is 1.33. The summed E-state index contributed by atoms with van der Waals surface area (Å²) in [6.07, 6.45) is 1.52. The summed E-state index contributed by atoms with van der Waals surface area (Å²) in [6, 6.07) is 7.50. The Balaban J connectivity index is 2.14. The molecular weight excluding hydrogens is 362 g/mol. The molecule has 1 amide bonds. The fourth-order valence-corrected chi connectivity index (χ4v) is 3.18. The Bertz CT molecular complexity index is 598. The average molecular weight is 371 g/mol. The Morgan fingerprint density at radius 2 is 2.05 bits per heavy atom. The summed E-state index contributed by atoms with van der Waals surface area (Å²) in [5.74, 6) is -1.46. The van der Waals surface area contributed by atoms with Crippen LogP contribution in [0.25, 0.3) is 6.08 Å². The number of rotatable bonds is 4. The van der Waals surface area contributed by atoms with Crippen LogP contribution < -0.4 is 5.11 Å². The molecule has 0 aromatic heterocycles. The summed E-state index contributed by atoms with van der Waals surface area (Å²) in [6.45, 7) is 0.0463. The number of halogens is 1. The van der Waals surface area contributed by atoms with Crippen molar-refractivity contribution < 1.29 is 14.7 Å². The van der Waals surface area contributed by atoms with Crippen LogP contribution in [0.4, 0.5) is 0 Å². The van der Waals surface area contributed by atoms with Crippen LogP contribution in [0.2, 0.25) is 0 Å². The maximum absolute atomic E-state index is 12.1. The van der Waals surface area contributed by atoms with E-state index >= 15 is 0 Å². The highest BCUT2D eigenvalue weighted by Crippen LogP contribution is 2.32. The van der Waals surface area contributed by atoms with Gasteiger partial charge in [-0.1, -0.05) is 52.0 Å². The first-order chi connectivity index (χ1) is 9.47. The van der Waals surface area contributed by atoms with E-state index in [2.05, 4.69) is 15.9 Å². The maximum Gasteiger partial charge on any atom is 0.266 e. The van der Waals surface area contributed by atoms with E-state index < -0.39 is 5.97 Å². The number of thioether (sulfide) groups is 1. The molecule has 1 aliphatic heterocycles. The summed E-state index contributed by atoms with van der Waals surface area (Å²) in [4.78, 5) is 24.4. The molecule has 104 valence electrons. The minimum absolute atomic E-state index is 0.0463. The van der Waals surface area contributed by atoms with E-state index in [0.29, 0.717) is 9.23 Å². The van der Waals surface area contributed by atoms with Crippen molar-refractivity contribution in [3.8, 4) is 0 Å². The molecule has 0 saturated carbocycles. The molecule has 0 N–H and O–H groups in total. The number of aliphatic carboxylic acids is 1. The lowest BCUT2D eigenvalue weighted by Gasteiger charge is -2.14. The zero-order valence-electron chi connectivity index (χ0n) is 10.2. The highest BCUT2D eigenvalue weighted by atomic mass is 79.9. The van der Waals surface area contributed by atoms with E-state index in [1.54, 1.807) is 6.08 Å². The molecule has 0 unspecified atom stereocenters. The Kier molecular flexibility index (Phi) is 4.95. The molecule has 1 saturated heterocycles. The lowest BCUT2D eigenvalue weighted by Crippen LogP contribution is -2.33. The predicted molar refractivity (Wildman–Crippen MR) is 83.6 cm³/mol. The lowest BCUT2D eigenvalue weighted by molar-refractivity contribution is -0.305. The number of carbonyl (C=O) groups excluding carboxylic acids is 2. The van der Waals surface area contributed by atoms with Crippen molar-refractivity contribution in [1.82, 2.24) is 4.90 Å². The van der Waals surface area contributed by atoms with E-state index in [9.17, 15) is 14.7 Å². The molecule has 2 rings (SSSR count). The summed E-state index contributed by atoms with van der Waals surface area (Å²) in [5, 5.41) is 10.5. The van der Waals surface area contributed by atoms with Gasteiger partial charge in [0.1, 0.15) is 4.32 Å². The van der Waals surface area contributed by atoms with Crippen LogP contribution in [0, 0.1) is 0 Å². The van der Waals surface area contributed by atoms with Crippen molar-refractivity contribution >= 4 is 62.2 Å². The zero-order valence-corrected chi connectivity index (χ0v) is 13.4. The molecule has 0 bridgehead atoms. The van der Waals surface area contributed by atoms with E-state index in [-0.39, 0.29) is 18.9 Å². The second-order valence-corrected chi connectivity index (χ2v) is 6.60. The molecule has 1 aliphatic rings. The minimum Gasteiger partial charge on any atom is -0.550 e. The molecule has 1 fully saturated rings. The highest BCUT2D eigenvalue weighted by Gasteiger charge is 2.31. The molecule has 0 radical (unpaired) electrons. The van der Waals surface area contributed by atoms with Crippen LogP contribution in [0.15, 0.2) is 33.6 Å². The molecule has 7 heteroatoms. The number of thiocarbonyl (C=S) groups is 1. The number of carboxylic acid groups (broad SMARTS) is 1. The maximum atomic E-state index is 12.1. The third-order valence-corrected chi connectivity index (χ3v) is 4.49. The van der Waals surface area contributed by atoms with E-state index in [1.807, 2.05) is 24.3 Å². The van der Waals surface area contributed by atoms with Gasteiger partial charge in [-0.15, -0.1) is 0 Å². The fourth-order valence-electron chi connectivity index (χ4n) is 1.61. The fraction of sp³-hybridized carbons (Fsp3) is 0.154. The molecule has 1 aromatic carbocycles. The predicted octanol–water partition coefficient (Wildman–Crippen LogP) is 1.79. The van der Waals surface area contributed by atoms with Crippen LogP contribution >= 0.6 is 39.9 Å². The van der Waals surface area contributed by atoms with Crippen LogP contribution in [-0.4, -0.2) is 27.6 Å². The van der Waals surface area contributed by atoms with Gasteiger partial charge in [0.2, 0.25) is 0 Å². The van der Waals surface area contributed by atoms with Gasteiger partial charge >= 0.3 is 0 Å². The first-order valence-corrected chi connectivity index (χ1v) is 7.70. The summed E-state index contributed by atoms with van der Waals surface area (Å²) in [7, 11) is 0. The lowest BCUT2D eigenvalue weighted by atomic mass is 10.2. The van der Waals surface area contributed by atoms with Gasteiger partial charge in [0.05, 0.1) is 4.91 Å². The van der Waals surface area contributed by atoms with Gasteiger partial charge in [0.25, 0.3) is 5.91 Å². The van der Waals surface area contributed by atoms with Crippen molar-refractivity contribution in [2.45, 2.75) is 6.42 Å². The highest BCUT2D eigenvalue weighted by molar-refractivity contribution is 9.10. The summed E-state index contributed by atoms with van der Waals surface area (Å²) in [5.41, 5.74) is 0.883. The number of carbonyl (C=O) groups is 2. The SMILES string of the molecule is O=C([O-])CCN1C(=O)/C(=C\c2ccc(Br)cc2)SC1=S. The van der Waals surface area contributed by atoms with Crippen LogP contribution in [0.5, 0.6) is 0 Å². The summed E-state index contributed by atoms with van der Waals surface area (Å²) >= 11 is 9.61. The first-order valence-electron chi connectivity index (χ1n) is 5.68. The molecule has 1 aromatic rings. The molecule has 0 aliphatic carbocycles. The van der Waals surface area contributed by atoms with Gasteiger partial charge in [-0.05, 0) is 23.8 Å². The second-order valence-electron chi connectivity index (χ2n) is 4.01.